The Labute approximate surface area is 183 Å². The Hall–Kier alpha value is -3.58. The number of carbonyl (C=O) groups excluding carboxylic acids is 2. The predicted octanol–water partition coefficient (Wildman–Crippen LogP) is 4.36. The number of aromatic nitrogens is 2. The zero-order valence-corrected chi connectivity index (χ0v) is 17.4. The minimum atomic E-state index is -0.126. The Balaban J connectivity index is 1.17. The van der Waals surface area contributed by atoms with Crippen molar-refractivity contribution >= 4 is 39.1 Å². The van der Waals surface area contributed by atoms with Crippen LogP contribution in [-0.4, -0.2) is 21.2 Å². The van der Waals surface area contributed by atoms with Crippen LogP contribution in [-0.2, 0) is 11.3 Å². The van der Waals surface area contributed by atoms with Gasteiger partial charge in [-0.2, -0.15) is 4.37 Å². The van der Waals surface area contributed by atoms with Gasteiger partial charge in [0.25, 0.3) is 5.91 Å². The fourth-order valence-corrected chi connectivity index (χ4v) is 4.38. The van der Waals surface area contributed by atoms with E-state index in [2.05, 4.69) is 20.0 Å². The summed E-state index contributed by atoms with van der Waals surface area (Å²) >= 11 is 1.42. The number of amides is 2. The van der Waals surface area contributed by atoms with Crippen LogP contribution in [0.2, 0.25) is 0 Å². The summed E-state index contributed by atoms with van der Waals surface area (Å²) in [4.78, 5) is 29.0. The van der Waals surface area contributed by atoms with Gasteiger partial charge in [0.2, 0.25) is 5.91 Å². The van der Waals surface area contributed by atoms with E-state index >= 15 is 0 Å². The molecule has 5 rings (SSSR count). The summed E-state index contributed by atoms with van der Waals surface area (Å²) in [5.41, 5.74) is 3.44. The van der Waals surface area contributed by atoms with Gasteiger partial charge in [-0.1, -0.05) is 18.2 Å². The molecule has 0 spiro atoms. The van der Waals surface area contributed by atoms with E-state index in [1.165, 1.54) is 11.5 Å². The van der Waals surface area contributed by atoms with Crippen molar-refractivity contribution in [3.05, 3.63) is 89.9 Å². The number of benzene rings is 2. The molecule has 6 nitrogen and oxygen atoms in total. The summed E-state index contributed by atoms with van der Waals surface area (Å²) in [6.07, 6.45) is 6.08. The molecule has 0 saturated heterocycles. The van der Waals surface area contributed by atoms with Crippen LogP contribution in [0.4, 0.5) is 5.69 Å². The molecule has 2 aromatic heterocycles. The Morgan fingerprint density at radius 3 is 2.74 bits per heavy atom. The van der Waals surface area contributed by atoms with Gasteiger partial charge in [-0.3, -0.25) is 14.6 Å². The fourth-order valence-electron chi connectivity index (χ4n) is 3.69. The molecule has 1 aliphatic rings. The molecule has 31 heavy (non-hydrogen) atoms. The van der Waals surface area contributed by atoms with Gasteiger partial charge in [0, 0.05) is 47.7 Å². The third kappa shape index (κ3) is 4.32. The molecule has 2 atom stereocenters. The van der Waals surface area contributed by atoms with Crippen molar-refractivity contribution in [2.45, 2.75) is 18.9 Å². The molecule has 2 amide bonds. The zero-order valence-electron chi connectivity index (χ0n) is 16.6. The summed E-state index contributed by atoms with van der Waals surface area (Å²) in [5, 5.41) is 7.00. The standard InChI is InChI=1S/C24H20N4O2S/c29-23(26-13-15-2-1-9-25-12-15)17-5-3-16(4-6-17)20-11-21(20)24(30)28-19-8-7-18-14-27-31-22(18)10-19/h1-10,12,14,20-21H,11,13H2,(H,26,29)(H,28,30)/t20?,21-/m1/s1. The molecule has 2 heterocycles. The molecule has 7 heteroatoms. The van der Waals surface area contributed by atoms with E-state index in [1.807, 2.05) is 60.8 Å². The Morgan fingerprint density at radius 1 is 1.06 bits per heavy atom. The van der Waals surface area contributed by atoms with Gasteiger partial charge in [0.1, 0.15) is 0 Å². The Kier molecular flexibility index (Phi) is 5.18. The van der Waals surface area contributed by atoms with Crippen LogP contribution in [0.5, 0.6) is 0 Å². The Morgan fingerprint density at radius 2 is 1.94 bits per heavy atom. The van der Waals surface area contributed by atoms with Crippen molar-refractivity contribution in [2.24, 2.45) is 5.92 Å². The van der Waals surface area contributed by atoms with Crippen molar-refractivity contribution in [1.29, 1.82) is 0 Å². The number of pyridine rings is 1. The van der Waals surface area contributed by atoms with E-state index in [-0.39, 0.29) is 23.7 Å². The number of carbonyl (C=O) groups is 2. The number of nitrogens with zero attached hydrogens (tertiary/aromatic N) is 2. The van der Waals surface area contributed by atoms with Gasteiger partial charge >= 0.3 is 0 Å². The monoisotopic (exact) mass is 428 g/mol. The highest BCUT2D eigenvalue weighted by molar-refractivity contribution is 7.13. The van der Waals surface area contributed by atoms with Gasteiger partial charge in [0.05, 0.1) is 4.70 Å². The molecule has 0 bridgehead atoms. The average molecular weight is 429 g/mol. The number of fused-ring (bicyclic) bond motifs is 1. The predicted molar refractivity (Wildman–Crippen MR) is 121 cm³/mol. The van der Waals surface area contributed by atoms with Crippen LogP contribution < -0.4 is 10.6 Å². The second-order valence-corrected chi connectivity index (χ2v) is 8.52. The summed E-state index contributed by atoms with van der Waals surface area (Å²) in [7, 11) is 0. The van der Waals surface area contributed by atoms with E-state index < -0.39 is 0 Å². The highest BCUT2D eigenvalue weighted by Crippen LogP contribution is 2.48. The zero-order chi connectivity index (χ0) is 21.2. The van der Waals surface area contributed by atoms with Crippen LogP contribution in [0.15, 0.2) is 73.2 Å². The normalized spacial score (nSPS) is 17.3. The first-order valence-corrected chi connectivity index (χ1v) is 10.9. The summed E-state index contributed by atoms with van der Waals surface area (Å²) < 4.78 is 5.22. The molecule has 0 radical (unpaired) electrons. The summed E-state index contributed by atoms with van der Waals surface area (Å²) in [6, 6.07) is 17.1. The quantitative estimate of drug-likeness (QED) is 0.478. The lowest BCUT2D eigenvalue weighted by Crippen LogP contribution is -2.22. The Bertz CT molecular complexity index is 1240. The minimum Gasteiger partial charge on any atom is -0.348 e. The van der Waals surface area contributed by atoms with Gasteiger partial charge in [-0.25, -0.2) is 0 Å². The first-order valence-electron chi connectivity index (χ1n) is 10.1. The van der Waals surface area contributed by atoms with Crippen LogP contribution in [0.3, 0.4) is 0 Å². The lowest BCUT2D eigenvalue weighted by molar-refractivity contribution is -0.117. The molecule has 1 aliphatic carbocycles. The molecule has 1 unspecified atom stereocenters. The largest absolute Gasteiger partial charge is 0.348 e. The first kappa shape index (κ1) is 19.4. The van der Waals surface area contributed by atoms with Crippen molar-refractivity contribution in [1.82, 2.24) is 14.7 Å². The molecule has 4 aromatic rings. The molecule has 154 valence electrons. The molecule has 0 aliphatic heterocycles. The molecule has 2 N–H and O–H groups in total. The molecule has 1 fully saturated rings. The SMILES string of the molecule is O=C(NCc1cccnc1)c1ccc(C2C[C@H]2C(=O)Nc2ccc3cnsc3c2)cc1. The highest BCUT2D eigenvalue weighted by atomic mass is 32.1. The second kappa shape index (κ2) is 8.28. The lowest BCUT2D eigenvalue weighted by atomic mass is 10.1. The van der Waals surface area contributed by atoms with Gasteiger partial charge in [-0.05, 0) is 71.4 Å². The molecular weight excluding hydrogens is 408 g/mol. The van der Waals surface area contributed by atoms with Gasteiger partial charge < -0.3 is 10.6 Å². The van der Waals surface area contributed by atoms with Crippen molar-refractivity contribution in [3.63, 3.8) is 0 Å². The third-order valence-corrected chi connectivity index (χ3v) is 6.29. The van der Waals surface area contributed by atoms with E-state index in [1.54, 1.807) is 12.4 Å². The van der Waals surface area contributed by atoms with Crippen LogP contribution >= 0.6 is 11.5 Å². The highest BCUT2D eigenvalue weighted by Gasteiger charge is 2.43. The van der Waals surface area contributed by atoms with Crippen LogP contribution in [0, 0.1) is 5.92 Å². The molecule has 2 aromatic carbocycles. The topological polar surface area (TPSA) is 84.0 Å². The van der Waals surface area contributed by atoms with E-state index in [9.17, 15) is 9.59 Å². The summed E-state index contributed by atoms with van der Waals surface area (Å²) in [6.45, 7) is 0.437. The van der Waals surface area contributed by atoms with Gasteiger partial charge in [-0.15, -0.1) is 0 Å². The average Bonchev–Trinajstić information content (AvgIpc) is 3.48. The van der Waals surface area contributed by atoms with Crippen LogP contribution in [0.25, 0.3) is 10.1 Å². The van der Waals surface area contributed by atoms with Crippen molar-refractivity contribution in [3.8, 4) is 0 Å². The van der Waals surface area contributed by atoms with E-state index in [0.717, 1.165) is 33.3 Å². The van der Waals surface area contributed by atoms with E-state index in [4.69, 9.17) is 0 Å². The van der Waals surface area contributed by atoms with Crippen LogP contribution in [0.1, 0.15) is 33.8 Å². The maximum absolute atomic E-state index is 12.6. The summed E-state index contributed by atoms with van der Waals surface area (Å²) in [5.74, 6) is 0.0631. The molecule has 1 saturated carbocycles. The second-order valence-electron chi connectivity index (χ2n) is 7.68. The first-order chi connectivity index (χ1) is 15.2. The van der Waals surface area contributed by atoms with E-state index in [0.29, 0.717) is 12.1 Å². The van der Waals surface area contributed by atoms with Gasteiger partial charge in [0.15, 0.2) is 0 Å². The maximum atomic E-state index is 12.6. The fraction of sp³-hybridized carbons (Fsp3) is 0.167. The maximum Gasteiger partial charge on any atom is 0.251 e. The number of rotatable bonds is 6. The number of hydrogen-bond donors (Lipinski definition) is 2. The number of hydrogen-bond acceptors (Lipinski definition) is 5. The van der Waals surface area contributed by atoms with Crippen molar-refractivity contribution in [2.75, 3.05) is 5.32 Å². The lowest BCUT2D eigenvalue weighted by Gasteiger charge is -2.07. The number of nitrogens with one attached hydrogen (secondary N) is 2. The molecular formula is C24H20N4O2S. The number of anilines is 1. The smallest absolute Gasteiger partial charge is 0.251 e. The minimum absolute atomic E-state index is 0.0344. The third-order valence-electron chi connectivity index (χ3n) is 5.53. The van der Waals surface area contributed by atoms with Crippen molar-refractivity contribution < 1.29 is 9.59 Å².